The van der Waals surface area contributed by atoms with E-state index in [2.05, 4.69) is 10.1 Å². The maximum Gasteiger partial charge on any atom is 0.244 e. The number of nitrogens with zero attached hydrogens (tertiary/aromatic N) is 5. The van der Waals surface area contributed by atoms with Crippen LogP contribution < -0.4 is 4.74 Å². The summed E-state index contributed by atoms with van der Waals surface area (Å²) in [5, 5.41) is 3.99. The Hall–Kier alpha value is -3.01. The number of morpholine rings is 1. The van der Waals surface area contributed by atoms with Gasteiger partial charge in [0.2, 0.25) is 11.8 Å². The van der Waals surface area contributed by atoms with E-state index >= 15 is 0 Å². The Morgan fingerprint density at radius 2 is 1.84 bits per heavy atom. The summed E-state index contributed by atoms with van der Waals surface area (Å²) in [7, 11) is 0. The molecular formula is C22H28FN5O4. The number of rotatable bonds is 7. The van der Waals surface area contributed by atoms with Crippen LogP contribution in [0.5, 0.6) is 5.75 Å². The molecule has 1 aromatic heterocycles. The largest absolute Gasteiger partial charge is 0.490 e. The summed E-state index contributed by atoms with van der Waals surface area (Å²) in [6.07, 6.45) is 6.10. The highest BCUT2D eigenvalue weighted by atomic mass is 19.1. The van der Waals surface area contributed by atoms with Crippen molar-refractivity contribution in [3.63, 3.8) is 0 Å². The van der Waals surface area contributed by atoms with Gasteiger partial charge in [-0.25, -0.2) is 14.1 Å². The van der Waals surface area contributed by atoms with Gasteiger partial charge < -0.3 is 19.3 Å². The number of likely N-dealkylation sites (tertiary alicyclic amines) is 1. The Morgan fingerprint density at radius 3 is 2.56 bits per heavy atom. The number of carbonyl (C=O) groups excluding carboxylic acids is 2. The van der Waals surface area contributed by atoms with Gasteiger partial charge in [-0.2, -0.15) is 5.10 Å². The standard InChI is InChI=1S/C22H28FN5O4/c23-18-4-6-19(7-5-18)31-15-22(12-20(29)26-8-2-1-3-9-26)14-27(10-11-32-22)21(30)13-28-17-24-16-25-28/h4-7,16-17H,1-3,8-15H2. The number of ether oxygens (including phenoxy) is 2. The highest BCUT2D eigenvalue weighted by Gasteiger charge is 2.42. The summed E-state index contributed by atoms with van der Waals surface area (Å²) >= 11 is 0. The zero-order valence-electron chi connectivity index (χ0n) is 18.0. The molecule has 1 atom stereocenters. The van der Waals surface area contributed by atoms with E-state index in [1.54, 1.807) is 4.90 Å². The van der Waals surface area contributed by atoms with Crippen molar-refractivity contribution in [3.05, 3.63) is 42.7 Å². The quantitative estimate of drug-likeness (QED) is 0.642. The van der Waals surface area contributed by atoms with Crippen LogP contribution in [-0.4, -0.2) is 81.4 Å². The van der Waals surface area contributed by atoms with Gasteiger partial charge in [0.05, 0.1) is 19.6 Å². The number of amides is 2. The van der Waals surface area contributed by atoms with Gasteiger partial charge in [-0.15, -0.1) is 0 Å². The van der Waals surface area contributed by atoms with Crippen molar-refractivity contribution in [1.82, 2.24) is 24.6 Å². The van der Waals surface area contributed by atoms with Gasteiger partial charge in [0.1, 0.15) is 43.0 Å². The fourth-order valence-corrected chi connectivity index (χ4v) is 4.13. The second-order valence-electron chi connectivity index (χ2n) is 8.30. The number of hydrogen-bond acceptors (Lipinski definition) is 6. The predicted octanol–water partition coefficient (Wildman–Crippen LogP) is 1.50. The molecule has 2 amide bonds. The van der Waals surface area contributed by atoms with Crippen molar-refractivity contribution in [2.45, 2.75) is 37.8 Å². The van der Waals surface area contributed by atoms with Crippen LogP contribution in [0.15, 0.2) is 36.9 Å². The summed E-state index contributed by atoms with van der Waals surface area (Å²) in [6.45, 7) is 2.56. The van der Waals surface area contributed by atoms with Gasteiger partial charge in [0.25, 0.3) is 0 Å². The SMILES string of the molecule is O=C(CC1(COc2ccc(F)cc2)CN(C(=O)Cn2cncn2)CCO1)N1CCCCC1. The Bertz CT molecular complexity index is 902. The van der Waals surface area contributed by atoms with Crippen LogP contribution in [0.4, 0.5) is 4.39 Å². The zero-order chi connectivity index (χ0) is 22.4. The smallest absolute Gasteiger partial charge is 0.244 e. The van der Waals surface area contributed by atoms with E-state index < -0.39 is 5.60 Å². The average molecular weight is 445 g/mol. The van der Waals surface area contributed by atoms with Gasteiger partial charge >= 0.3 is 0 Å². The lowest BCUT2D eigenvalue weighted by atomic mass is 9.96. The lowest BCUT2D eigenvalue weighted by Gasteiger charge is -2.43. The number of carbonyl (C=O) groups is 2. The normalized spacial score (nSPS) is 21.4. The highest BCUT2D eigenvalue weighted by Crippen LogP contribution is 2.26. The Labute approximate surface area is 186 Å². The molecule has 2 aliphatic heterocycles. The van der Waals surface area contributed by atoms with E-state index in [4.69, 9.17) is 9.47 Å². The van der Waals surface area contributed by atoms with Gasteiger partial charge in [0.15, 0.2) is 0 Å². The maximum absolute atomic E-state index is 13.2. The molecule has 0 radical (unpaired) electrons. The third-order valence-electron chi connectivity index (χ3n) is 5.86. The number of aromatic nitrogens is 3. The summed E-state index contributed by atoms with van der Waals surface area (Å²) in [4.78, 5) is 33.3. The molecule has 3 heterocycles. The van der Waals surface area contributed by atoms with Crippen LogP contribution in [0.25, 0.3) is 0 Å². The van der Waals surface area contributed by atoms with E-state index in [0.717, 1.165) is 32.4 Å². The minimum Gasteiger partial charge on any atom is -0.490 e. The lowest BCUT2D eigenvalue weighted by Crippen LogP contribution is -2.59. The molecule has 0 aliphatic carbocycles. The van der Waals surface area contributed by atoms with E-state index in [-0.39, 0.29) is 43.7 Å². The van der Waals surface area contributed by atoms with E-state index in [9.17, 15) is 14.0 Å². The lowest BCUT2D eigenvalue weighted by molar-refractivity contribution is -0.166. The summed E-state index contributed by atoms with van der Waals surface area (Å²) < 4.78 is 26.7. The second kappa shape index (κ2) is 10.1. The van der Waals surface area contributed by atoms with E-state index in [1.807, 2.05) is 4.90 Å². The molecule has 10 heteroatoms. The van der Waals surface area contributed by atoms with E-state index in [0.29, 0.717) is 18.9 Å². The topological polar surface area (TPSA) is 89.8 Å². The molecule has 0 N–H and O–H groups in total. The number of hydrogen-bond donors (Lipinski definition) is 0. The minimum absolute atomic E-state index is 0.00187. The molecule has 172 valence electrons. The number of piperidine rings is 1. The molecular weight excluding hydrogens is 417 g/mol. The van der Waals surface area contributed by atoms with E-state index in [1.165, 1.54) is 41.6 Å². The molecule has 9 nitrogen and oxygen atoms in total. The van der Waals surface area contributed by atoms with Gasteiger partial charge in [0, 0.05) is 19.6 Å². The van der Waals surface area contributed by atoms with Gasteiger partial charge in [-0.05, 0) is 43.5 Å². The van der Waals surface area contributed by atoms with Gasteiger partial charge in [-0.3, -0.25) is 9.59 Å². The predicted molar refractivity (Wildman–Crippen MR) is 112 cm³/mol. The first-order chi connectivity index (χ1) is 15.5. The van der Waals surface area contributed by atoms with Crippen molar-refractivity contribution in [3.8, 4) is 5.75 Å². The molecule has 1 aromatic carbocycles. The molecule has 1 unspecified atom stereocenters. The molecule has 4 rings (SSSR count). The van der Waals surface area contributed by atoms with Crippen LogP contribution in [0.2, 0.25) is 0 Å². The van der Waals surface area contributed by atoms with Crippen LogP contribution in [0.3, 0.4) is 0 Å². The van der Waals surface area contributed by atoms with Crippen molar-refractivity contribution in [2.75, 3.05) is 39.4 Å². The molecule has 0 spiro atoms. The first-order valence-electron chi connectivity index (χ1n) is 10.9. The zero-order valence-corrected chi connectivity index (χ0v) is 18.0. The monoisotopic (exact) mass is 445 g/mol. The van der Waals surface area contributed by atoms with Gasteiger partial charge in [-0.1, -0.05) is 0 Å². The fourth-order valence-electron chi connectivity index (χ4n) is 4.13. The molecule has 2 aromatic rings. The first-order valence-corrected chi connectivity index (χ1v) is 10.9. The molecule has 32 heavy (non-hydrogen) atoms. The summed E-state index contributed by atoms with van der Waals surface area (Å²) in [6, 6.07) is 5.70. The van der Waals surface area contributed by atoms with Crippen molar-refractivity contribution < 1.29 is 23.5 Å². The average Bonchev–Trinajstić information content (AvgIpc) is 3.32. The minimum atomic E-state index is -0.987. The highest BCUT2D eigenvalue weighted by molar-refractivity contribution is 5.78. The number of benzene rings is 1. The number of halogens is 1. The van der Waals surface area contributed by atoms with Crippen LogP contribution in [-0.2, 0) is 20.9 Å². The fraction of sp³-hybridized carbons (Fsp3) is 0.545. The third-order valence-corrected chi connectivity index (χ3v) is 5.86. The van der Waals surface area contributed by atoms with Crippen LogP contribution >= 0.6 is 0 Å². The third kappa shape index (κ3) is 5.61. The van der Waals surface area contributed by atoms with Crippen molar-refractivity contribution in [2.24, 2.45) is 0 Å². The molecule has 0 saturated carbocycles. The second-order valence-corrected chi connectivity index (χ2v) is 8.30. The molecule has 2 saturated heterocycles. The Kier molecular flexibility index (Phi) is 6.99. The first kappa shape index (κ1) is 22.2. The molecule has 2 fully saturated rings. The van der Waals surface area contributed by atoms with Crippen LogP contribution in [0.1, 0.15) is 25.7 Å². The summed E-state index contributed by atoms with van der Waals surface area (Å²) in [5.74, 6) is -0.00893. The maximum atomic E-state index is 13.2. The summed E-state index contributed by atoms with van der Waals surface area (Å²) in [5.41, 5.74) is -0.987. The Morgan fingerprint density at radius 1 is 1.06 bits per heavy atom. The van der Waals surface area contributed by atoms with Crippen molar-refractivity contribution >= 4 is 11.8 Å². The Balaban J connectivity index is 1.48. The van der Waals surface area contributed by atoms with Crippen molar-refractivity contribution in [1.29, 1.82) is 0 Å². The molecule has 0 bridgehead atoms. The molecule has 2 aliphatic rings. The van der Waals surface area contributed by atoms with Crippen LogP contribution in [0, 0.1) is 5.82 Å².